The van der Waals surface area contributed by atoms with Gasteiger partial charge in [-0.05, 0) is 35.0 Å². The maximum absolute atomic E-state index is 14.2. The third kappa shape index (κ3) is 4.99. The Bertz CT molecular complexity index is 1030. The largest absolute Gasteiger partial charge is 0.492 e. The standard InChI is InChI=1S/C21H26BrFN2O2SSi/c1-6-27-14(2)18-20(22)24-21(25(18)13-26-10-11-29(3,4)5)16-12-28-19-15(16)8-7-9-17(19)23/h7-9,12H,2,6,10-11,13H2,1,3-5H3. The molecular weight excluding hydrogens is 471 g/mol. The predicted octanol–water partition coefficient (Wildman–Crippen LogP) is 6.99. The summed E-state index contributed by atoms with van der Waals surface area (Å²) < 4.78 is 29.1. The summed E-state index contributed by atoms with van der Waals surface area (Å²) in [6.07, 6.45) is 0. The van der Waals surface area contributed by atoms with Gasteiger partial charge in [0.15, 0.2) is 0 Å². The van der Waals surface area contributed by atoms with Gasteiger partial charge in [0.05, 0.1) is 11.3 Å². The fourth-order valence-electron chi connectivity index (χ4n) is 2.99. The number of nitrogens with zero attached hydrogens (tertiary/aromatic N) is 2. The van der Waals surface area contributed by atoms with Crippen molar-refractivity contribution in [3.63, 3.8) is 0 Å². The molecule has 0 radical (unpaired) electrons. The molecule has 1 aromatic carbocycles. The number of rotatable bonds is 9. The topological polar surface area (TPSA) is 36.3 Å². The van der Waals surface area contributed by atoms with E-state index in [-0.39, 0.29) is 5.82 Å². The number of hydrogen-bond acceptors (Lipinski definition) is 4. The summed E-state index contributed by atoms with van der Waals surface area (Å²) in [5.74, 6) is 1.01. The van der Waals surface area contributed by atoms with Crippen molar-refractivity contribution in [1.82, 2.24) is 9.55 Å². The summed E-state index contributed by atoms with van der Waals surface area (Å²) >= 11 is 4.93. The number of ether oxygens (including phenoxy) is 2. The van der Waals surface area contributed by atoms with E-state index in [2.05, 4.69) is 42.1 Å². The van der Waals surface area contributed by atoms with Crippen LogP contribution in [0.5, 0.6) is 0 Å². The Morgan fingerprint density at radius 2 is 2.10 bits per heavy atom. The molecule has 0 spiro atoms. The zero-order valence-electron chi connectivity index (χ0n) is 17.2. The number of halogens is 2. The quantitative estimate of drug-likeness (QED) is 0.182. The molecule has 0 aliphatic heterocycles. The Labute approximate surface area is 184 Å². The Balaban J connectivity index is 2.02. The molecule has 2 aromatic heterocycles. The van der Waals surface area contributed by atoms with Crippen molar-refractivity contribution in [3.05, 3.63) is 46.3 Å². The molecular formula is C21H26BrFN2O2SSi. The summed E-state index contributed by atoms with van der Waals surface area (Å²) in [4.78, 5) is 4.72. The van der Waals surface area contributed by atoms with Crippen molar-refractivity contribution in [2.45, 2.75) is 39.3 Å². The lowest BCUT2D eigenvalue weighted by Crippen LogP contribution is -2.22. The van der Waals surface area contributed by atoms with Gasteiger partial charge < -0.3 is 9.47 Å². The lowest BCUT2D eigenvalue weighted by atomic mass is 10.1. The highest BCUT2D eigenvalue weighted by Crippen LogP contribution is 2.38. The van der Waals surface area contributed by atoms with Gasteiger partial charge in [-0.1, -0.05) is 38.4 Å². The summed E-state index contributed by atoms with van der Waals surface area (Å²) in [6, 6.07) is 6.19. The average molecular weight is 498 g/mol. The van der Waals surface area contributed by atoms with E-state index in [1.54, 1.807) is 6.07 Å². The maximum Gasteiger partial charge on any atom is 0.145 e. The lowest BCUT2D eigenvalue weighted by molar-refractivity contribution is 0.0868. The van der Waals surface area contributed by atoms with Crippen LogP contribution in [0, 0.1) is 5.82 Å². The van der Waals surface area contributed by atoms with E-state index in [4.69, 9.17) is 14.5 Å². The molecule has 0 saturated carbocycles. The molecule has 0 aliphatic rings. The van der Waals surface area contributed by atoms with E-state index in [0.717, 1.165) is 22.7 Å². The van der Waals surface area contributed by atoms with Crippen LogP contribution < -0.4 is 0 Å². The maximum atomic E-state index is 14.2. The molecule has 0 N–H and O–H groups in total. The lowest BCUT2D eigenvalue weighted by Gasteiger charge is -2.17. The number of aromatic nitrogens is 2. The second kappa shape index (κ2) is 9.12. The molecule has 0 fully saturated rings. The Morgan fingerprint density at radius 1 is 1.34 bits per heavy atom. The fourth-order valence-corrected chi connectivity index (χ4v) is 5.31. The number of thiophene rings is 1. The van der Waals surface area contributed by atoms with Gasteiger partial charge in [0, 0.05) is 31.0 Å². The third-order valence-corrected chi connectivity index (χ3v) is 7.78. The molecule has 2 heterocycles. The van der Waals surface area contributed by atoms with E-state index in [1.807, 2.05) is 22.9 Å². The molecule has 3 rings (SSSR count). The smallest absolute Gasteiger partial charge is 0.145 e. The minimum atomic E-state index is -1.19. The minimum absolute atomic E-state index is 0.221. The molecule has 0 bridgehead atoms. The highest BCUT2D eigenvalue weighted by atomic mass is 79.9. The summed E-state index contributed by atoms with van der Waals surface area (Å²) in [6.45, 7) is 14.5. The first-order valence-electron chi connectivity index (χ1n) is 9.55. The SMILES string of the molecule is C=C(OCC)c1c(Br)nc(-c2csc3c(F)cccc23)n1COCC[Si](C)(C)C. The fraction of sp³-hybridized carbons (Fsp3) is 0.381. The normalized spacial score (nSPS) is 11.9. The van der Waals surface area contributed by atoms with Crippen LogP contribution in [0.4, 0.5) is 4.39 Å². The number of benzene rings is 1. The second-order valence-corrected chi connectivity index (χ2v) is 15.2. The van der Waals surface area contributed by atoms with Gasteiger partial charge in [-0.25, -0.2) is 9.37 Å². The number of fused-ring (bicyclic) bond motifs is 1. The molecule has 3 aromatic rings. The van der Waals surface area contributed by atoms with E-state index in [9.17, 15) is 4.39 Å². The zero-order chi connectivity index (χ0) is 21.2. The van der Waals surface area contributed by atoms with Gasteiger partial charge in [0.25, 0.3) is 0 Å². The van der Waals surface area contributed by atoms with Gasteiger partial charge in [-0.15, -0.1) is 11.3 Å². The van der Waals surface area contributed by atoms with Gasteiger partial charge in [0.2, 0.25) is 0 Å². The molecule has 0 unspecified atom stereocenters. The van der Waals surface area contributed by atoms with E-state index < -0.39 is 8.07 Å². The van der Waals surface area contributed by atoms with Gasteiger partial charge in [-0.3, -0.25) is 4.57 Å². The van der Waals surface area contributed by atoms with Crippen LogP contribution in [0.1, 0.15) is 12.6 Å². The molecule has 0 atom stereocenters. The Morgan fingerprint density at radius 3 is 2.79 bits per heavy atom. The van der Waals surface area contributed by atoms with Crippen molar-refractivity contribution < 1.29 is 13.9 Å². The molecule has 0 aliphatic carbocycles. The van der Waals surface area contributed by atoms with Crippen molar-refractivity contribution in [2.75, 3.05) is 13.2 Å². The molecule has 156 valence electrons. The summed E-state index contributed by atoms with van der Waals surface area (Å²) in [7, 11) is -1.19. The van der Waals surface area contributed by atoms with Gasteiger partial charge in [-0.2, -0.15) is 0 Å². The van der Waals surface area contributed by atoms with Gasteiger partial charge >= 0.3 is 0 Å². The highest BCUT2D eigenvalue weighted by Gasteiger charge is 2.23. The van der Waals surface area contributed by atoms with Crippen molar-refractivity contribution in [1.29, 1.82) is 0 Å². The van der Waals surface area contributed by atoms with Crippen LogP contribution >= 0.6 is 27.3 Å². The van der Waals surface area contributed by atoms with E-state index in [0.29, 0.717) is 40.8 Å². The van der Waals surface area contributed by atoms with Crippen LogP contribution in [0.2, 0.25) is 25.7 Å². The molecule has 0 saturated heterocycles. The second-order valence-electron chi connectivity index (χ2n) is 7.97. The van der Waals surface area contributed by atoms with Crippen LogP contribution in [-0.4, -0.2) is 30.8 Å². The molecule has 29 heavy (non-hydrogen) atoms. The number of imidazole rings is 1. The first-order chi connectivity index (χ1) is 13.7. The van der Waals surface area contributed by atoms with Crippen molar-refractivity contribution >= 4 is 51.2 Å². The predicted molar refractivity (Wildman–Crippen MR) is 125 cm³/mol. The van der Waals surface area contributed by atoms with E-state index >= 15 is 0 Å². The van der Waals surface area contributed by atoms with Crippen molar-refractivity contribution in [3.8, 4) is 11.4 Å². The zero-order valence-corrected chi connectivity index (χ0v) is 20.6. The molecule has 0 amide bonds. The Kier molecular flexibility index (Phi) is 6.98. The Hall–Kier alpha value is -1.48. The summed E-state index contributed by atoms with van der Waals surface area (Å²) in [5, 5.41) is 2.78. The molecule has 4 nitrogen and oxygen atoms in total. The first kappa shape index (κ1) is 22.2. The van der Waals surface area contributed by atoms with Crippen LogP contribution in [-0.2, 0) is 16.2 Å². The van der Waals surface area contributed by atoms with E-state index in [1.165, 1.54) is 17.4 Å². The van der Waals surface area contributed by atoms with Crippen LogP contribution in [0.15, 0.2) is 34.8 Å². The molecule has 8 heteroatoms. The van der Waals surface area contributed by atoms with Gasteiger partial charge in [0.1, 0.15) is 34.4 Å². The third-order valence-electron chi connectivity index (χ3n) is 4.52. The first-order valence-corrected chi connectivity index (χ1v) is 14.9. The highest BCUT2D eigenvalue weighted by molar-refractivity contribution is 9.10. The number of hydrogen-bond donors (Lipinski definition) is 0. The monoisotopic (exact) mass is 496 g/mol. The van der Waals surface area contributed by atoms with Crippen LogP contribution in [0.3, 0.4) is 0 Å². The minimum Gasteiger partial charge on any atom is -0.492 e. The average Bonchev–Trinajstić information content (AvgIpc) is 3.20. The van der Waals surface area contributed by atoms with Crippen molar-refractivity contribution in [2.24, 2.45) is 0 Å². The van der Waals surface area contributed by atoms with Crippen LogP contribution in [0.25, 0.3) is 27.2 Å². The summed E-state index contributed by atoms with van der Waals surface area (Å²) in [5.41, 5.74) is 1.61.